The Labute approximate surface area is 130 Å². The second-order valence-corrected chi connectivity index (χ2v) is 7.53. The van der Waals surface area contributed by atoms with Crippen molar-refractivity contribution in [2.75, 3.05) is 0 Å². The molecule has 0 saturated carbocycles. The molecule has 1 nitrogen and oxygen atoms in total. The summed E-state index contributed by atoms with van der Waals surface area (Å²) in [7, 11) is 0. The van der Waals surface area contributed by atoms with Crippen molar-refractivity contribution >= 4 is 38.9 Å². The number of hydrogen-bond acceptors (Lipinski definition) is 2. The Balaban J connectivity index is 1.81. The molecule has 19 heavy (non-hydrogen) atoms. The number of aryl methyl sites for hydroxylation is 1. The highest BCUT2D eigenvalue weighted by Crippen LogP contribution is 2.40. The third-order valence-electron chi connectivity index (χ3n) is 3.79. The zero-order chi connectivity index (χ0) is 13.4. The van der Waals surface area contributed by atoms with Crippen molar-refractivity contribution in [1.29, 1.82) is 0 Å². The Morgan fingerprint density at radius 3 is 2.74 bits per heavy atom. The normalized spacial score (nSPS) is 20.1. The van der Waals surface area contributed by atoms with Gasteiger partial charge in [0.15, 0.2) is 0 Å². The van der Waals surface area contributed by atoms with Crippen LogP contribution in [0.4, 0.5) is 0 Å². The van der Waals surface area contributed by atoms with Gasteiger partial charge in [-0.2, -0.15) is 0 Å². The first-order valence-electron chi connectivity index (χ1n) is 6.34. The Morgan fingerprint density at radius 1 is 1.32 bits per heavy atom. The molecule has 1 aromatic heterocycles. The van der Waals surface area contributed by atoms with Gasteiger partial charge in [-0.3, -0.25) is 0 Å². The van der Waals surface area contributed by atoms with Crippen molar-refractivity contribution < 1.29 is 5.11 Å². The van der Waals surface area contributed by atoms with E-state index < -0.39 is 6.10 Å². The molecule has 1 N–H and O–H groups in total. The summed E-state index contributed by atoms with van der Waals surface area (Å²) in [6.45, 7) is 0. The number of halogens is 2. The Hall–Kier alpha value is -0.350. The van der Waals surface area contributed by atoms with Crippen LogP contribution in [0, 0.1) is 5.92 Å². The molecule has 0 spiro atoms. The van der Waals surface area contributed by atoms with E-state index in [1.165, 1.54) is 22.5 Å². The van der Waals surface area contributed by atoms with Crippen LogP contribution in [0.1, 0.15) is 28.5 Å². The quantitative estimate of drug-likeness (QED) is 0.801. The van der Waals surface area contributed by atoms with E-state index in [1.54, 1.807) is 0 Å². The van der Waals surface area contributed by atoms with Crippen LogP contribution in [-0.2, 0) is 12.8 Å². The van der Waals surface area contributed by atoms with E-state index in [-0.39, 0.29) is 5.92 Å². The number of benzene rings is 1. The van der Waals surface area contributed by atoms with E-state index in [9.17, 15) is 5.11 Å². The fourth-order valence-corrected chi connectivity index (χ4v) is 4.55. The summed E-state index contributed by atoms with van der Waals surface area (Å²) in [6.07, 6.45) is 2.62. The van der Waals surface area contributed by atoms with Gasteiger partial charge < -0.3 is 5.11 Å². The summed E-state index contributed by atoms with van der Waals surface area (Å²) in [5.41, 5.74) is 2.80. The van der Waals surface area contributed by atoms with Crippen molar-refractivity contribution in [2.24, 2.45) is 5.92 Å². The maximum atomic E-state index is 10.5. The number of aliphatic hydroxyl groups is 1. The Morgan fingerprint density at radius 2 is 2.05 bits per heavy atom. The zero-order valence-electron chi connectivity index (χ0n) is 10.3. The lowest BCUT2D eigenvalue weighted by atomic mass is 9.81. The van der Waals surface area contributed by atoms with Gasteiger partial charge in [-0.05, 0) is 58.3 Å². The molecule has 1 aromatic carbocycles. The van der Waals surface area contributed by atoms with Gasteiger partial charge in [0.25, 0.3) is 0 Å². The SMILES string of the molecule is OC(c1cc(Br)c(Cl)s1)C1CCc2ccccc2C1. The number of rotatable bonds is 2. The minimum Gasteiger partial charge on any atom is -0.387 e. The van der Waals surface area contributed by atoms with Gasteiger partial charge >= 0.3 is 0 Å². The second kappa shape index (κ2) is 5.57. The maximum Gasteiger partial charge on any atom is 0.107 e. The number of aliphatic hydroxyl groups excluding tert-OH is 1. The molecular weight excluding hydrogens is 344 g/mol. The predicted molar refractivity (Wildman–Crippen MR) is 83.9 cm³/mol. The molecule has 0 aliphatic heterocycles. The monoisotopic (exact) mass is 356 g/mol. The Kier molecular flexibility index (Phi) is 3.99. The summed E-state index contributed by atoms with van der Waals surface area (Å²) < 4.78 is 1.59. The average Bonchev–Trinajstić information content (AvgIpc) is 2.77. The molecule has 1 heterocycles. The van der Waals surface area contributed by atoms with E-state index in [0.29, 0.717) is 4.34 Å². The van der Waals surface area contributed by atoms with Gasteiger partial charge in [0.2, 0.25) is 0 Å². The van der Waals surface area contributed by atoms with Crippen LogP contribution in [0.5, 0.6) is 0 Å². The first-order chi connectivity index (χ1) is 9.15. The summed E-state index contributed by atoms with van der Waals surface area (Å²) in [5, 5.41) is 10.5. The second-order valence-electron chi connectivity index (χ2n) is 4.99. The largest absolute Gasteiger partial charge is 0.387 e. The topological polar surface area (TPSA) is 20.2 Å². The highest BCUT2D eigenvalue weighted by atomic mass is 79.9. The number of hydrogen-bond donors (Lipinski definition) is 1. The van der Waals surface area contributed by atoms with Crippen LogP contribution >= 0.6 is 38.9 Å². The molecular formula is C15H14BrClOS. The molecule has 4 heteroatoms. The van der Waals surface area contributed by atoms with Crippen LogP contribution in [0.2, 0.25) is 4.34 Å². The molecule has 0 radical (unpaired) electrons. The van der Waals surface area contributed by atoms with Crippen LogP contribution in [0.3, 0.4) is 0 Å². The lowest BCUT2D eigenvalue weighted by Gasteiger charge is -2.28. The molecule has 2 aromatic rings. The van der Waals surface area contributed by atoms with Crippen molar-refractivity contribution in [1.82, 2.24) is 0 Å². The van der Waals surface area contributed by atoms with Gasteiger partial charge in [0, 0.05) is 9.35 Å². The molecule has 0 saturated heterocycles. The van der Waals surface area contributed by atoms with Gasteiger partial charge in [-0.25, -0.2) is 0 Å². The minimum absolute atomic E-state index is 0.288. The first-order valence-corrected chi connectivity index (χ1v) is 8.33. The molecule has 0 amide bonds. The van der Waals surface area contributed by atoms with Crippen molar-refractivity contribution in [3.8, 4) is 0 Å². The fraction of sp³-hybridized carbons (Fsp3) is 0.333. The smallest absolute Gasteiger partial charge is 0.107 e. The summed E-state index contributed by atoms with van der Waals surface area (Å²) in [4.78, 5) is 0.959. The van der Waals surface area contributed by atoms with E-state index in [0.717, 1.165) is 28.6 Å². The summed E-state index contributed by atoms with van der Waals surface area (Å²) in [6, 6.07) is 10.5. The number of fused-ring (bicyclic) bond motifs is 1. The lowest BCUT2D eigenvalue weighted by molar-refractivity contribution is 0.103. The summed E-state index contributed by atoms with van der Waals surface area (Å²) >= 11 is 10.9. The Bertz CT molecular complexity index is 576. The van der Waals surface area contributed by atoms with E-state index in [4.69, 9.17) is 11.6 Å². The molecule has 2 unspecified atom stereocenters. The van der Waals surface area contributed by atoms with Crippen LogP contribution < -0.4 is 0 Å². The molecule has 2 atom stereocenters. The van der Waals surface area contributed by atoms with Gasteiger partial charge in [-0.15, -0.1) is 11.3 Å². The highest BCUT2D eigenvalue weighted by molar-refractivity contribution is 9.10. The molecule has 3 rings (SSSR count). The third-order valence-corrected chi connectivity index (χ3v) is 6.33. The molecule has 100 valence electrons. The standard InChI is InChI=1S/C15H14BrClOS/c16-12-8-13(19-15(12)17)14(18)11-6-5-9-3-1-2-4-10(9)7-11/h1-4,8,11,14,18H,5-7H2. The van der Waals surface area contributed by atoms with Gasteiger partial charge in [0.05, 0.1) is 6.10 Å². The average molecular weight is 358 g/mol. The van der Waals surface area contributed by atoms with Crippen molar-refractivity contribution in [3.63, 3.8) is 0 Å². The van der Waals surface area contributed by atoms with Gasteiger partial charge in [0.1, 0.15) is 4.34 Å². The minimum atomic E-state index is -0.415. The lowest BCUT2D eigenvalue weighted by Crippen LogP contribution is -2.20. The van der Waals surface area contributed by atoms with Crippen molar-refractivity contribution in [3.05, 3.63) is 55.1 Å². The van der Waals surface area contributed by atoms with Crippen molar-refractivity contribution in [2.45, 2.75) is 25.4 Å². The van der Waals surface area contributed by atoms with Gasteiger partial charge in [-0.1, -0.05) is 35.9 Å². The molecule has 1 aliphatic carbocycles. The zero-order valence-corrected chi connectivity index (χ0v) is 13.4. The van der Waals surface area contributed by atoms with E-state index >= 15 is 0 Å². The third kappa shape index (κ3) is 2.75. The molecule has 0 bridgehead atoms. The van der Waals surface area contributed by atoms with Crippen LogP contribution in [0.15, 0.2) is 34.8 Å². The summed E-state index contributed by atoms with van der Waals surface area (Å²) in [5.74, 6) is 0.288. The number of thiophene rings is 1. The molecule has 0 fully saturated rings. The predicted octanol–water partition coefficient (Wildman–Crippen LogP) is 5.00. The van der Waals surface area contributed by atoms with E-state index in [2.05, 4.69) is 40.2 Å². The maximum absolute atomic E-state index is 10.5. The van der Waals surface area contributed by atoms with E-state index in [1.807, 2.05) is 6.07 Å². The molecule has 1 aliphatic rings. The fourth-order valence-electron chi connectivity index (χ4n) is 2.74. The highest BCUT2D eigenvalue weighted by Gasteiger charge is 2.27. The van der Waals surface area contributed by atoms with Crippen LogP contribution in [-0.4, -0.2) is 5.11 Å². The van der Waals surface area contributed by atoms with Crippen LogP contribution in [0.25, 0.3) is 0 Å². The first kappa shape index (κ1) is 13.6.